The van der Waals surface area contributed by atoms with Crippen molar-refractivity contribution < 1.29 is 23.9 Å². The molecule has 0 saturated carbocycles. The molecule has 0 unspecified atom stereocenters. The minimum Gasteiger partial charge on any atom is -0.491 e. The van der Waals surface area contributed by atoms with Crippen LogP contribution in [-0.2, 0) is 14.3 Å². The molecule has 8 nitrogen and oxygen atoms in total. The van der Waals surface area contributed by atoms with E-state index in [-0.39, 0.29) is 18.7 Å². The molecule has 166 valence electrons. The highest BCUT2D eigenvalue weighted by molar-refractivity contribution is 6.31. The molecular formula is C22H26ClN3O5. The van der Waals surface area contributed by atoms with Crippen LogP contribution in [0.5, 0.6) is 5.75 Å². The predicted octanol–water partition coefficient (Wildman–Crippen LogP) is 3.24. The van der Waals surface area contributed by atoms with Crippen molar-refractivity contribution in [2.75, 3.05) is 25.1 Å². The van der Waals surface area contributed by atoms with Crippen LogP contribution < -0.4 is 20.9 Å². The highest BCUT2D eigenvalue weighted by Gasteiger charge is 2.11. The molecule has 0 aliphatic carbocycles. The van der Waals surface area contributed by atoms with Gasteiger partial charge in [0.15, 0.2) is 0 Å². The Morgan fingerprint density at radius 3 is 2.35 bits per heavy atom. The second kappa shape index (κ2) is 12.6. The molecule has 0 heterocycles. The maximum atomic E-state index is 12.1. The summed E-state index contributed by atoms with van der Waals surface area (Å²) < 4.78 is 10.7. The zero-order valence-electron chi connectivity index (χ0n) is 17.5. The number of benzene rings is 2. The van der Waals surface area contributed by atoms with Gasteiger partial charge in [-0.15, -0.1) is 0 Å². The van der Waals surface area contributed by atoms with Crippen molar-refractivity contribution >= 4 is 35.0 Å². The Kier molecular flexibility index (Phi) is 9.80. The van der Waals surface area contributed by atoms with Gasteiger partial charge < -0.3 is 14.8 Å². The van der Waals surface area contributed by atoms with Crippen molar-refractivity contribution in [3.63, 3.8) is 0 Å². The first-order chi connectivity index (χ1) is 14.9. The van der Waals surface area contributed by atoms with Gasteiger partial charge in [-0.05, 0) is 55.8 Å². The quantitative estimate of drug-likeness (QED) is 0.383. The fraction of sp³-hybridized carbons (Fsp3) is 0.318. The van der Waals surface area contributed by atoms with Gasteiger partial charge >= 0.3 is 0 Å². The summed E-state index contributed by atoms with van der Waals surface area (Å²) >= 11 is 6.02. The van der Waals surface area contributed by atoms with E-state index in [0.29, 0.717) is 41.8 Å². The topological polar surface area (TPSA) is 106 Å². The van der Waals surface area contributed by atoms with Crippen LogP contribution in [0.15, 0.2) is 42.5 Å². The molecule has 9 heteroatoms. The van der Waals surface area contributed by atoms with E-state index < -0.39 is 11.8 Å². The molecule has 0 saturated heterocycles. The lowest BCUT2D eigenvalue weighted by molar-refractivity contribution is -0.124. The van der Waals surface area contributed by atoms with E-state index in [1.807, 2.05) is 6.92 Å². The predicted molar refractivity (Wildman–Crippen MR) is 118 cm³/mol. The van der Waals surface area contributed by atoms with Crippen LogP contribution in [0.1, 0.15) is 35.7 Å². The molecule has 0 bridgehead atoms. The summed E-state index contributed by atoms with van der Waals surface area (Å²) in [6, 6.07) is 11.7. The minimum atomic E-state index is -0.484. The number of ether oxygens (including phenoxy) is 2. The number of amides is 3. The molecule has 0 aliphatic heterocycles. The third kappa shape index (κ3) is 8.27. The molecule has 31 heavy (non-hydrogen) atoms. The maximum Gasteiger partial charge on any atom is 0.269 e. The van der Waals surface area contributed by atoms with Gasteiger partial charge in [0, 0.05) is 35.7 Å². The summed E-state index contributed by atoms with van der Waals surface area (Å²) in [4.78, 5) is 36.1. The standard InChI is InChI=1S/C22H26ClN3O5/c1-3-30-13-14-31-17-9-7-16(8-10-17)22(29)26-25-21(28)12-11-20(27)24-19-6-4-5-18(23)15(19)2/h4-10H,3,11-14H2,1-2H3,(H,24,27)(H,25,28)(H,26,29). The summed E-state index contributed by atoms with van der Waals surface area (Å²) in [6.45, 7) is 5.23. The summed E-state index contributed by atoms with van der Waals surface area (Å²) in [5.74, 6) is -0.677. The summed E-state index contributed by atoms with van der Waals surface area (Å²) in [6.07, 6.45) is -0.125. The molecule has 3 N–H and O–H groups in total. The number of halogens is 1. The number of anilines is 1. The molecular weight excluding hydrogens is 422 g/mol. The van der Waals surface area contributed by atoms with Gasteiger partial charge in [0.05, 0.1) is 6.61 Å². The first kappa shape index (κ1) is 24.2. The maximum absolute atomic E-state index is 12.1. The molecule has 0 aromatic heterocycles. The third-order valence-corrected chi connectivity index (χ3v) is 4.66. The highest BCUT2D eigenvalue weighted by Crippen LogP contribution is 2.23. The second-order valence-corrected chi connectivity index (χ2v) is 6.94. The highest BCUT2D eigenvalue weighted by atomic mass is 35.5. The van der Waals surface area contributed by atoms with Gasteiger partial charge in [0.1, 0.15) is 12.4 Å². The molecule has 2 aromatic rings. The lowest BCUT2D eigenvalue weighted by atomic mass is 10.2. The van der Waals surface area contributed by atoms with E-state index in [9.17, 15) is 14.4 Å². The van der Waals surface area contributed by atoms with E-state index in [2.05, 4.69) is 16.2 Å². The number of carbonyl (C=O) groups excluding carboxylic acids is 3. The van der Waals surface area contributed by atoms with Crippen LogP contribution >= 0.6 is 11.6 Å². The van der Waals surface area contributed by atoms with Crippen LogP contribution in [0.2, 0.25) is 5.02 Å². The van der Waals surface area contributed by atoms with Gasteiger partial charge in [0.2, 0.25) is 11.8 Å². The Hall–Kier alpha value is -3.10. The van der Waals surface area contributed by atoms with Crippen LogP contribution in [0.3, 0.4) is 0 Å². The molecule has 0 aliphatic rings. The first-order valence-electron chi connectivity index (χ1n) is 9.85. The molecule has 0 atom stereocenters. The number of carbonyl (C=O) groups is 3. The van der Waals surface area contributed by atoms with Crippen LogP contribution in [0.4, 0.5) is 5.69 Å². The Labute approximate surface area is 186 Å². The monoisotopic (exact) mass is 447 g/mol. The van der Waals surface area contributed by atoms with Crippen molar-refractivity contribution in [2.45, 2.75) is 26.7 Å². The number of hydrogen-bond acceptors (Lipinski definition) is 5. The summed E-state index contributed by atoms with van der Waals surface area (Å²) in [5.41, 5.74) is 6.31. The van der Waals surface area contributed by atoms with Crippen LogP contribution in [0, 0.1) is 6.92 Å². The molecule has 3 amide bonds. The fourth-order valence-electron chi connectivity index (χ4n) is 2.51. The number of nitrogens with one attached hydrogen (secondary N) is 3. The average Bonchev–Trinajstić information content (AvgIpc) is 2.77. The van der Waals surface area contributed by atoms with Crippen molar-refractivity contribution in [1.29, 1.82) is 0 Å². The molecule has 2 rings (SSSR count). The number of hydrazine groups is 1. The minimum absolute atomic E-state index is 0.0402. The van der Waals surface area contributed by atoms with E-state index in [0.717, 1.165) is 5.56 Å². The first-order valence-corrected chi connectivity index (χ1v) is 10.2. The molecule has 0 radical (unpaired) electrons. The molecule has 0 spiro atoms. The van der Waals surface area contributed by atoms with Gasteiger partial charge in [-0.1, -0.05) is 17.7 Å². The van der Waals surface area contributed by atoms with Crippen LogP contribution in [-0.4, -0.2) is 37.5 Å². The third-order valence-electron chi connectivity index (χ3n) is 4.25. The largest absolute Gasteiger partial charge is 0.491 e. The van der Waals surface area contributed by atoms with Crippen molar-refractivity contribution in [3.05, 3.63) is 58.6 Å². The van der Waals surface area contributed by atoms with Crippen molar-refractivity contribution in [1.82, 2.24) is 10.9 Å². The smallest absolute Gasteiger partial charge is 0.269 e. The van der Waals surface area contributed by atoms with Gasteiger partial charge in [-0.2, -0.15) is 0 Å². The van der Waals surface area contributed by atoms with E-state index in [1.165, 1.54) is 0 Å². The molecule has 2 aromatic carbocycles. The number of hydrogen-bond donors (Lipinski definition) is 3. The average molecular weight is 448 g/mol. The zero-order chi connectivity index (χ0) is 22.6. The van der Waals surface area contributed by atoms with Crippen molar-refractivity contribution in [2.24, 2.45) is 0 Å². The second-order valence-electron chi connectivity index (χ2n) is 6.53. The van der Waals surface area contributed by atoms with E-state index in [1.54, 1.807) is 49.4 Å². The zero-order valence-corrected chi connectivity index (χ0v) is 18.3. The van der Waals surface area contributed by atoms with E-state index >= 15 is 0 Å². The Morgan fingerprint density at radius 2 is 1.65 bits per heavy atom. The summed E-state index contributed by atoms with van der Waals surface area (Å²) in [5, 5.41) is 3.26. The van der Waals surface area contributed by atoms with Gasteiger partial charge in [0.25, 0.3) is 5.91 Å². The van der Waals surface area contributed by atoms with Gasteiger partial charge in [-0.25, -0.2) is 0 Å². The van der Waals surface area contributed by atoms with E-state index in [4.69, 9.17) is 21.1 Å². The van der Waals surface area contributed by atoms with Gasteiger partial charge in [-0.3, -0.25) is 25.2 Å². The Balaban J connectivity index is 1.71. The molecule has 0 fully saturated rings. The Morgan fingerprint density at radius 1 is 0.935 bits per heavy atom. The normalized spacial score (nSPS) is 10.3. The van der Waals surface area contributed by atoms with Crippen molar-refractivity contribution in [3.8, 4) is 5.75 Å². The lowest BCUT2D eigenvalue weighted by Crippen LogP contribution is -2.41. The SMILES string of the molecule is CCOCCOc1ccc(C(=O)NNC(=O)CCC(=O)Nc2cccc(Cl)c2C)cc1. The van der Waals surface area contributed by atoms with Crippen LogP contribution in [0.25, 0.3) is 0 Å². The Bertz CT molecular complexity index is 903. The fourth-order valence-corrected chi connectivity index (χ4v) is 2.68. The summed E-state index contributed by atoms with van der Waals surface area (Å²) in [7, 11) is 0. The lowest BCUT2D eigenvalue weighted by Gasteiger charge is -2.10. The number of rotatable bonds is 10.